The van der Waals surface area contributed by atoms with Crippen LogP contribution < -0.4 is 5.32 Å². The first kappa shape index (κ1) is 16.8. The van der Waals surface area contributed by atoms with E-state index in [1.807, 2.05) is 18.2 Å². The Morgan fingerprint density at radius 2 is 2.08 bits per heavy atom. The summed E-state index contributed by atoms with van der Waals surface area (Å²) in [5.74, 6) is -0.132. The molecule has 1 saturated heterocycles. The van der Waals surface area contributed by atoms with E-state index in [1.54, 1.807) is 6.07 Å². The number of ketones is 1. The summed E-state index contributed by atoms with van der Waals surface area (Å²) in [7, 11) is 0. The maximum absolute atomic E-state index is 11.6. The summed E-state index contributed by atoms with van der Waals surface area (Å²) in [6.07, 6.45) is 1.04. The first-order valence-corrected chi connectivity index (χ1v) is 8.47. The van der Waals surface area contributed by atoms with Gasteiger partial charge < -0.3 is 10.4 Å². The third-order valence-corrected chi connectivity index (χ3v) is 4.56. The summed E-state index contributed by atoms with van der Waals surface area (Å²) in [6, 6.07) is 13.8. The van der Waals surface area contributed by atoms with Gasteiger partial charge in [-0.05, 0) is 37.6 Å². The number of phenols is 1. The molecular formula is C19H21ClN2O2. The van der Waals surface area contributed by atoms with Gasteiger partial charge in [0.25, 0.3) is 0 Å². The molecule has 1 aliphatic heterocycles. The van der Waals surface area contributed by atoms with Gasteiger partial charge in [-0.3, -0.25) is 9.69 Å². The molecule has 4 nitrogen and oxygen atoms in total. The zero-order valence-electron chi connectivity index (χ0n) is 13.6. The van der Waals surface area contributed by atoms with Gasteiger partial charge in [0.15, 0.2) is 5.78 Å². The number of likely N-dealkylation sites (tertiary alicyclic amines) is 1. The normalized spacial score (nSPS) is 17.8. The number of para-hydroxylation sites is 1. The fourth-order valence-electron chi connectivity index (χ4n) is 3.15. The van der Waals surface area contributed by atoms with Gasteiger partial charge in [-0.1, -0.05) is 29.8 Å². The lowest BCUT2D eigenvalue weighted by Crippen LogP contribution is -2.26. The second kappa shape index (κ2) is 7.24. The van der Waals surface area contributed by atoms with Crippen LogP contribution in [0.25, 0.3) is 0 Å². The summed E-state index contributed by atoms with van der Waals surface area (Å²) in [6.45, 7) is 3.84. The van der Waals surface area contributed by atoms with Gasteiger partial charge >= 0.3 is 0 Å². The van der Waals surface area contributed by atoms with Crippen LogP contribution in [0.2, 0.25) is 5.02 Å². The van der Waals surface area contributed by atoms with Gasteiger partial charge in [-0.15, -0.1) is 0 Å². The minimum Gasteiger partial charge on any atom is -0.507 e. The molecule has 5 heteroatoms. The Bertz CT molecular complexity index is 734. The van der Waals surface area contributed by atoms with Crippen LogP contribution in [0, 0.1) is 0 Å². The molecule has 0 amide bonds. The van der Waals surface area contributed by atoms with Gasteiger partial charge in [-0.25, -0.2) is 0 Å². The molecule has 2 aromatic carbocycles. The van der Waals surface area contributed by atoms with Crippen LogP contribution in [0.1, 0.15) is 29.3 Å². The number of carbonyl (C=O) groups is 1. The SMILES string of the molecule is CC(=O)c1cc(Cl)cc(CN2CC[C@@H](Nc3ccccc3)C2)c1O. The van der Waals surface area contributed by atoms with E-state index in [0.29, 0.717) is 23.2 Å². The average molecular weight is 345 g/mol. The highest BCUT2D eigenvalue weighted by Gasteiger charge is 2.24. The molecule has 0 aliphatic carbocycles. The van der Waals surface area contributed by atoms with Crippen molar-refractivity contribution in [2.75, 3.05) is 18.4 Å². The first-order valence-electron chi connectivity index (χ1n) is 8.09. The largest absolute Gasteiger partial charge is 0.507 e. The predicted octanol–water partition coefficient (Wildman–Crippen LogP) is 3.93. The molecule has 126 valence electrons. The van der Waals surface area contributed by atoms with E-state index >= 15 is 0 Å². The Labute approximate surface area is 147 Å². The highest BCUT2D eigenvalue weighted by atomic mass is 35.5. The van der Waals surface area contributed by atoms with Gasteiger partial charge in [0.2, 0.25) is 0 Å². The van der Waals surface area contributed by atoms with Crippen molar-refractivity contribution in [1.82, 2.24) is 4.90 Å². The molecule has 1 aliphatic rings. The molecule has 0 spiro atoms. The molecule has 24 heavy (non-hydrogen) atoms. The molecule has 2 aromatic rings. The molecule has 3 rings (SSSR count). The van der Waals surface area contributed by atoms with Crippen LogP contribution in [0.15, 0.2) is 42.5 Å². The zero-order chi connectivity index (χ0) is 17.1. The van der Waals surface area contributed by atoms with Crippen LogP contribution in [-0.4, -0.2) is 34.9 Å². The van der Waals surface area contributed by atoms with Crippen molar-refractivity contribution in [3.63, 3.8) is 0 Å². The van der Waals surface area contributed by atoms with Crippen molar-refractivity contribution >= 4 is 23.1 Å². The topological polar surface area (TPSA) is 52.6 Å². The standard InChI is InChI=1S/C19H21ClN2O2/c1-13(23)18-10-15(20)9-14(19(18)24)11-22-8-7-17(12-22)21-16-5-3-2-4-6-16/h2-6,9-10,17,21,24H,7-8,11-12H2,1H3/t17-/m1/s1. The molecule has 1 heterocycles. The molecule has 0 saturated carbocycles. The molecule has 1 fully saturated rings. The molecule has 1 atom stereocenters. The Morgan fingerprint density at radius 3 is 2.79 bits per heavy atom. The van der Waals surface area contributed by atoms with E-state index in [0.717, 1.165) is 25.2 Å². The van der Waals surface area contributed by atoms with E-state index < -0.39 is 0 Å². The van der Waals surface area contributed by atoms with Crippen LogP contribution >= 0.6 is 11.6 Å². The number of anilines is 1. The summed E-state index contributed by atoms with van der Waals surface area (Å²) < 4.78 is 0. The number of halogens is 1. The second-order valence-electron chi connectivity index (χ2n) is 6.25. The maximum atomic E-state index is 11.6. The average Bonchev–Trinajstić information content (AvgIpc) is 2.98. The lowest BCUT2D eigenvalue weighted by atomic mass is 10.1. The lowest BCUT2D eigenvalue weighted by molar-refractivity contribution is 0.101. The number of nitrogens with one attached hydrogen (secondary N) is 1. The van der Waals surface area contributed by atoms with Crippen LogP contribution in [0.3, 0.4) is 0 Å². The second-order valence-corrected chi connectivity index (χ2v) is 6.68. The number of phenolic OH excluding ortho intramolecular Hbond substituents is 1. The van der Waals surface area contributed by atoms with Crippen molar-refractivity contribution in [2.45, 2.75) is 25.9 Å². The Balaban J connectivity index is 1.66. The number of benzene rings is 2. The third kappa shape index (κ3) is 3.89. The minimum absolute atomic E-state index is 0.0476. The summed E-state index contributed by atoms with van der Waals surface area (Å²) in [5, 5.41) is 14.3. The van der Waals surface area contributed by atoms with Crippen molar-refractivity contribution in [3.8, 4) is 5.75 Å². The van der Waals surface area contributed by atoms with E-state index in [-0.39, 0.29) is 17.1 Å². The number of rotatable bonds is 5. The monoisotopic (exact) mass is 344 g/mol. The Morgan fingerprint density at radius 1 is 1.33 bits per heavy atom. The van der Waals surface area contributed by atoms with Crippen molar-refractivity contribution in [2.24, 2.45) is 0 Å². The summed E-state index contributed by atoms with van der Waals surface area (Å²) in [5.41, 5.74) is 2.11. The predicted molar refractivity (Wildman–Crippen MR) is 96.9 cm³/mol. The fraction of sp³-hybridized carbons (Fsp3) is 0.316. The van der Waals surface area contributed by atoms with Crippen LogP contribution in [0.4, 0.5) is 5.69 Å². The Hall–Kier alpha value is -2.04. The highest BCUT2D eigenvalue weighted by molar-refractivity contribution is 6.31. The van der Waals surface area contributed by atoms with E-state index in [9.17, 15) is 9.90 Å². The minimum atomic E-state index is -0.179. The maximum Gasteiger partial charge on any atom is 0.163 e. The molecule has 0 bridgehead atoms. The highest BCUT2D eigenvalue weighted by Crippen LogP contribution is 2.29. The molecule has 0 aromatic heterocycles. The molecular weight excluding hydrogens is 324 g/mol. The summed E-state index contributed by atoms with van der Waals surface area (Å²) in [4.78, 5) is 13.9. The van der Waals surface area contributed by atoms with Crippen LogP contribution in [-0.2, 0) is 6.54 Å². The molecule has 0 unspecified atom stereocenters. The van der Waals surface area contributed by atoms with Gasteiger partial charge in [0, 0.05) is 41.9 Å². The third-order valence-electron chi connectivity index (χ3n) is 4.34. The first-order chi connectivity index (χ1) is 11.5. The summed E-state index contributed by atoms with van der Waals surface area (Å²) >= 11 is 6.09. The number of hydrogen-bond acceptors (Lipinski definition) is 4. The van der Waals surface area contributed by atoms with Gasteiger partial charge in [-0.2, -0.15) is 0 Å². The van der Waals surface area contributed by atoms with Crippen LogP contribution in [0.5, 0.6) is 5.75 Å². The van der Waals surface area contributed by atoms with Crippen molar-refractivity contribution in [3.05, 3.63) is 58.6 Å². The molecule has 0 radical (unpaired) electrons. The Kier molecular flexibility index (Phi) is 5.07. The molecule has 2 N–H and O–H groups in total. The number of carbonyl (C=O) groups excluding carboxylic acids is 1. The lowest BCUT2D eigenvalue weighted by Gasteiger charge is -2.19. The van der Waals surface area contributed by atoms with E-state index in [4.69, 9.17) is 11.6 Å². The number of Topliss-reactive ketones (excluding diaryl/α,β-unsaturated/α-hetero) is 1. The van der Waals surface area contributed by atoms with Gasteiger partial charge in [0.05, 0.1) is 5.56 Å². The zero-order valence-corrected chi connectivity index (χ0v) is 14.4. The fourth-order valence-corrected chi connectivity index (χ4v) is 3.39. The number of nitrogens with zero attached hydrogens (tertiary/aromatic N) is 1. The van der Waals surface area contributed by atoms with E-state index in [2.05, 4.69) is 22.3 Å². The smallest absolute Gasteiger partial charge is 0.163 e. The van der Waals surface area contributed by atoms with Gasteiger partial charge in [0.1, 0.15) is 5.75 Å². The quantitative estimate of drug-likeness (QED) is 0.807. The number of aromatic hydroxyl groups is 1. The van der Waals surface area contributed by atoms with Crippen molar-refractivity contribution < 1.29 is 9.90 Å². The van der Waals surface area contributed by atoms with Crippen molar-refractivity contribution in [1.29, 1.82) is 0 Å². The number of hydrogen-bond donors (Lipinski definition) is 2. The van der Waals surface area contributed by atoms with E-state index in [1.165, 1.54) is 13.0 Å².